The van der Waals surface area contributed by atoms with Gasteiger partial charge >= 0.3 is 0 Å². The van der Waals surface area contributed by atoms with Gasteiger partial charge in [-0.1, -0.05) is 31.3 Å². The Labute approximate surface area is 111 Å². The van der Waals surface area contributed by atoms with Crippen molar-refractivity contribution in [2.45, 2.75) is 18.1 Å². The number of hydrogen-bond donors (Lipinski definition) is 1. The van der Waals surface area contributed by atoms with Gasteiger partial charge in [0.15, 0.2) is 9.84 Å². The average molecular weight is 287 g/mol. The Morgan fingerprint density at radius 3 is 2.39 bits per heavy atom. The molecule has 0 radical (unpaired) electrons. The molecule has 98 valence electrons. The first-order valence-corrected chi connectivity index (χ1v) is 7.77. The number of halogens is 1. The van der Waals surface area contributed by atoms with Gasteiger partial charge < -0.3 is 5.73 Å². The molecule has 0 unspecified atom stereocenters. The third-order valence-electron chi connectivity index (χ3n) is 3.35. The van der Waals surface area contributed by atoms with Crippen LogP contribution in [-0.4, -0.2) is 24.4 Å². The number of sulfone groups is 1. The van der Waals surface area contributed by atoms with E-state index in [9.17, 15) is 12.8 Å². The Kier molecular flexibility index (Phi) is 3.42. The molecule has 2 N–H and O–H groups in total. The normalized spacial score (nSPS) is 26.9. The van der Waals surface area contributed by atoms with Gasteiger partial charge in [-0.15, -0.1) is 0 Å². The minimum Gasteiger partial charge on any atom is -0.393 e. The quantitative estimate of drug-likeness (QED) is 0.855. The molecule has 0 amide bonds. The molecule has 1 aromatic rings. The van der Waals surface area contributed by atoms with Gasteiger partial charge in [-0.25, -0.2) is 12.8 Å². The van der Waals surface area contributed by atoms with E-state index < -0.39 is 15.1 Å². The second-order valence-corrected chi connectivity index (χ2v) is 7.34. The summed E-state index contributed by atoms with van der Waals surface area (Å²) in [5.74, 6) is -0.835. The summed E-state index contributed by atoms with van der Waals surface area (Å²) >= 11 is 4.92. The second-order valence-electron chi connectivity index (χ2n) is 4.42. The summed E-state index contributed by atoms with van der Waals surface area (Å²) < 4.78 is 36.7. The largest absolute Gasteiger partial charge is 0.393 e. The van der Waals surface area contributed by atoms with E-state index in [2.05, 4.69) is 0 Å². The molecular formula is C12H14FNO2S2. The predicted molar refractivity (Wildman–Crippen MR) is 72.7 cm³/mol. The van der Waals surface area contributed by atoms with Crippen molar-refractivity contribution in [3.8, 4) is 0 Å². The van der Waals surface area contributed by atoms with Crippen molar-refractivity contribution < 1.29 is 12.8 Å². The van der Waals surface area contributed by atoms with Gasteiger partial charge in [0.1, 0.15) is 5.82 Å². The molecule has 0 bridgehead atoms. The lowest BCUT2D eigenvalue weighted by Gasteiger charge is -2.00. The molecule has 1 aromatic carbocycles. The third-order valence-corrected chi connectivity index (χ3v) is 5.85. The average Bonchev–Trinajstić information content (AvgIpc) is 3.06. The molecule has 0 aromatic heterocycles. The summed E-state index contributed by atoms with van der Waals surface area (Å²) in [4.78, 5) is 0.214. The molecule has 2 rings (SSSR count). The SMILES string of the molecule is CCS(=O)(=O)[C@H]1[C@H](C(N)=S)[C@@H]1c1ccc(F)cc1. The number of thiocarbonyl (C=S) groups is 1. The second kappa shape index (κ2) is 4.59. The van der Waals surface area contributed by atoms with Gasteiger partial charge in [0, 0.05) is 17.6 Å². The summed E-state index contributed by atoms with van der Waals surface area (Å²) in [7, 11) is -3.19. The fourth-order valence-electron chi connectivity index (χ4n) is 2.34. The first-order chi connectivity index (χ1) is 8.38. The highest BCUT2D eigenvalue weighted by Crippen LogP contribution is 2.52. The zero-order chi connectivity index (χ0) is 13.5. The highest BCUT2D eigenvalue weighted by Gasteiger charge is 2.59. The topological polar surface area (TPSA) is 60.2 Å². The molecule has 3 nitrogen and oxygen atoms in total. The van der Waals surface area contributed by atoms with Crippen LogP contribution in [0.1, 0.15) is 18.4 Å². The van der Waals surface area contributed by atoms with Crippen molar-refractivity contribution in [1.82, 2.24) is 0 Å². The molecule has 0 saturated heterocycles. The van der Waals surface area contributed by atoms with E-state index in [4.69, 9.17) is 18.0 Å². The van der Waals surface area contributed by atoms with Crippen molar-refractivity contribution in [2.75, 3.05) is 5.75 Å². The fourth-order valence-corrected chi connectivity index (χ4v) is 4.55. The van der Waals surface area contributed by atoms with E-state index in [1.807, 2.05) is 0 Å². The van der Waals surface area contributed by atoms with Crippen LogP contribution in [0.25, 0.3) is 0 Å². The molecule has 18 heavy (non-hydrogen) atoms. The molecule has 1 aliphatic rings. The lowest BCUT2D eigenvalue weighted by molar-refractivity contribution is 0.594. The van der Waals surface area contributed by atoms with Gasteiger partial charge in [-0.05, 0) is 17.7 Å². The Bertz CT molecular complexity index is 568. The smallest absolute Gasteiger partial charge is 0.154 e. The highest BCUT2D eigenvalue weighted by molar-refractivity contribution is 7.92. The minimum absolute atomic E-state index is 0.0640. The number of benzene rings is 1. The maximum Gasteiger partial charge on any atom is 0.154 e. The lowest BCUT2D eigenvalue weighted by Crippen LogP contribution is -2.18. The molecule has 3 atom stereocenters. The molecule has 1 aliphatic carbocycles. The van der Waals surface area contributed by atoms with Crippen molar-refractivity contribution in [3.05, 3.63) is 35.6 Å². The summed E-state index contributed by atoms with van der Waals surface area (Å²) in [6, 6.07) is 5.83. The lowest BCUT2D eigenvalue weighted by atomic mass is 10.1. The summed E-state index contributed by atoms with van der Waals surface area (Å²) in [5.41, 5.74) is 6.36. The molecule has 1 saturated carbocycles. The minimum atomic E-state index is -3.19. The van der Waals surface area contributed by atoms with Crippen LogP contribution in [0, 0.1) is 11.7 Å². The van der Waals surface area contributed by atoms with Crippen LogP contribution in [0.5, 0.6) is 0 Å². The summed E-state index contributed by atoms with van der Waals surface area (Å²) in [6.07, 6.45) is 0. The molecule has 6 heteroatoms. The first-order valence-electron chi connectivity index (χ1n) is 5.65. The van der Waals surface area contributed by atoms with Crippen LogP contribution in [0.15, 0.2) is 24.3 Å². The van der Waals surface area contributed by atoms with E-state index >= 15 is 0 Å². The van der Waals surface area contributed by atoms with Crippen LogP contribution < -0.4 is 5.73 Å². The number of rotatable bonds is 4. The first kappa shape index (κ1) is 13.4. The third kappa shape index (κ3) is 2.27. The number of nitrogens with two attached hydrogens (primary N) is 1. The fraction of sp³-hybridized carbons (Fsp3) is 0.417. The Morgan fingerprint density at radius 1 is 1.39 bits per heavy atom. The van der Waals surface area contributed by atoms with E-state index in [0.717, 1.165) is 5.56 Å². The monoisotopic (exact) mass is 287 g/mol. The summed E-state index contributed by atoms with van der Waals surface area (Å²) in [6.45, 7) is 1.60. The molecule has 0 aliphatic heterocycles. The van der Waals surface area contributed by atoms with Crippen molar-refractivity contribution in [1.29, 1.82) is 0 Å². The molecule has 1 fully saturated rings. The molecule has 0 spiro atoms. The van der Waals surface area contributed by atoms with Gasteiger partial charge in [0.2, 0.25) is 0 Å². The number of hydrogen-bond acceptors (Lipinski definition) is 3. The zero-order valence-electron chi connectivity index (χ0n) is 9.84. The standard InChI is InChI=1S/C12H14FNO2S2/c1-2-18(15,16)11-9(10(11)12(14)17)7-3-5-8(13)6-4-7/h3-6,9-11H,2H2,1H3,(H2,14,17)/t9-,10+,11+/m0/s1. The summed E-state index contributed by atoms with van der Waals surface area (Å²) in [5, 5.41) is -0.550. The Balaban J connectivity index is 2.33. The van der Waals surface area contributed by atoms with Crippen LogP contribution in [0.2, 0.25) is 0 Å². The molecular weight excluding hydrogens is 273 g/mol. The van der Waals surface area contributed by atoms with Crippen LogP contribution in [0.4, 0.5) is 4.39 Å². The van der Waals surface area contributed by atoms with Gasteiger partial charge in [0.25, 0.3) is 0 Å². The Hall–Kier alpha value is -1.01. The van der Waals surface area contributed by atoms with Crippen molar-refractivity contribution in [3.63, 3.8) is 0 Å². The maximum atomic E-state index is 12.9. The van der Waals surface area contributed by atoms with Crippen LogP contribution in [-0.2, 0) is 9.84 Å². The van der Waals surface area contributed by atoms with Crippen molar-refractivity contribution >= 4 is 27.0 Å². The Morgan fingerprint density at radius 2 is 1.94 bits per heavy atom. The maximum absolute atomic E-state index is 12.9. The van der Waals surface area contributed by atoms with Crippen LogP contribution >= 0.6 is 12.2 Å². The van der Waals surface area contributed by atoms with E-state index in [0.29, 0.717) is 0 Å². The van der Waals surface area contributed by atoms with Gasteiger partial charge in [-0.2, -0.15) is 0 Å². The van der Waals surface area contributed by atoms with E-state index in [-0.39, 0.29) is 28.4 Å². The van der Waals surface area contributed by atoms with E-state index in [1.54, 1.807) is 19.1 Å². The van der Waals surface area contributed by atoms with Gasteiger partial charge in [0.05, 0.1) is 10.2 Å². The van der Waals surface area contributed by atoms with Gasteiger partial charge in [-0.3, -0.25) is 0 Å². The zero-order valence-corrected chi connectivity index (χ0v) is 11.5. The highest BCUT2D eigenvalue weighted by atomic mass is 32.2. The van der Waals surface area contributed by atoms with Crippen molar-refractivity contribution in [2.24, 2.45) is 11.7 Å². The van der Waals surface area contributed by atoms with Crippen LogP contribution in [0.3, 0.4) is 0 Å². The van der Waals surface area contributed by atoms with E-state index in [1.165, 1.54) is 12.1 Å². The predicted octanol–water partition coefficient (Wildman–Crippen LogP) is 1.63. The molecule has 0 heterocycles.